The highest BCUT2D eigenvalue weighted by molar-refractivity contribution is 5.99. The maximum absolute atomic E-state index is 12.5. The summed E-state index contributed by atoms with van der Waals surface area (Å²) < 4.78 is 0. The third kappa shape index (κ3) is 3.43. The number of amides is 1. The molecule has 0 radical (unpaired) electrons. The van der Waals surface area contributed by atoms with Gasteiger partial charge in [0.05, 0.1) is 0 Å². The fourth-order valence-corrected chi connectivity index (χ4v) is 2.62. The van der Waals surface area contributed by atoms with Crippen LogP contribution < -0.4 is 5.32 Å². The topological polar surface area (TPSA) is 66.4 Å². The molecule has 1 aromatic rings. The van der Waals surface area contributed by atoms with Gasteiger partial charge in [0.1, 0.15) is 6.04 Å². The highest BCUT2D eigenvalue weighted by Crippen LogP contribution is 2.26. The molecule has 0 aliphatic rings. The van der Waals surface area contributed by atoms with Crippen LogP contribution in [0, 0.1) is 34.6 Å². The molecule has 0 bridgehead atoms. The van der Waals surface area contributed by atoms with Gasteiger partial charge in [-0.05, 0) is 68.9 Å². The number of hydrogen-bond acceptors (Lipinski definition) is 2. The molecular weight excluding hydrogens is 266 g/mol. The zero-order valence-electron chi connectivity index (χ0n) is 13.8. The van der Waals surface area contributed by atoms with Gasteiger partial charge in [-0.1, -0.05) is 13.3 Å². The Kier molecular flexibility index (Phi) is 5.53. The zero-order chi connectivity index (χ0) is 16.3. The first kappa shape index (κ1) is 17.2. The molecule has 4 nitrogen and oxygen atoms in total. The van der Waals surface area contributed by atoms with E-state index in [1.165, 1.54) is 5.56 Å². The third-order valence-electron chi connectivity index (χ3n) is 4.41. The molecule has 116 valence electrons. The lowest BCUT2D eigenvalue weighted by Gasteiger charge is -2.20. The summed E-state index contributed by atoms with van der Waals surface area (Å²) in [5, 5.41) is 11.8. The Bertz CT molecular complexity index is 547. The Labute approximate surface area is 126 Å². The van der Waals surface area contributed by atoms with E-state index >= 15 is 0 Å². The van der Waals surface area contributed by atoms with Crippen molar-refractivity contribution in [3.63, 3.8) is 0 Å². The Morgan fingerprint density at radius 3 is 1.76 bits per heavy atom. The van der Waals surface area contributed by atoms with Gasteiger partial charge >= 0.3 is 5.97 Å². The second-order valence-electron chi connectivity index (χ2n) is 5.65. The zero-order valence-corrected chi connectivity index (χ0v) is 13.8. The monoisotopic (exact) mass is 291 g/mol. The number of carbonyl (C=O) groups is 2. The average Bonchev–Trinajstić information content (AvgIpc) is 2.42. The van der Waals surface area contributed by atoms with E-state index in [-0.39, 0.29) is 5.91 Å². The number of nitrogens with one attached hydrogen (secondary N) is 1. The van der Waals surface area contributed by atoms with E-state index < -0.39 is 12.0 Å². The molecular formula is C17H25NO3. The number of aliphatic carboxylic acids is 1. The molecule has 1 aromatic carbocycles. The van der Waals surface area contributed by atoms with E-state index in [1.807, 2.05) is 41.5 Å². The van der Waals surface area contributed by atoms with Crippen LogP contribution in [0.5, 0.6) is 0 Å². The van der Waals surface area contributed by atoms with Crippen molar-refractivity contribution in [1.29, 1.82) is 0 Å². The van der Waals surface area contributed by atoms with E-state index in [0.29, 0.717) is 18.4 Å². The molecule has 0 saturated heterocycles. The normalized spacial score (nSPS) is 12.1. The van der Waals surface area contributed by atoms with Crippen molar-refractivity contribution in [2.75, 3.05) is 0 Å². The van der Waals surface area contributed by atoms with Crippen molar-refractivity contribution in [2.24, 2.45) is 0 Å². The van der Waals surface area contributed by atoms with Crippen molar-refractivity contribution < 1.29 is 14.7 Å². The van der Waals surface area contributed by atoms with Crippen LogP contribution in [0.15, 0.2) is 0 Å². The summed E-state index contributed by atoms with van der Waals surface area (Å²) in [6.45, 7) is 11.8. The Hall–Kier alpha value is -1.84. The number of rotatable bonds is 5. The Morgan fingerprint density at radius 1 is 0.952 bits per heavy atom. The van der Waals surface area contributed by atoms with E-state index in [0.717, 1.165) is 22.3 Å². The SMILES string of the molecule is CCCC(NC(=O)c1c(C)c(C)c(C)c(C)c1C)C(=O)O. The summed E-state index contributed by atoms with van der Waals surface area (Å²) in [5.41, 5.74) is 5.82. The lowest BCUT2D eigenvalue weighted by molar-refractivity contribution is -0.139. The second kappa shape index (κ2) is 6.74. The maximum Gasteiger partial charge on any atom is 0.326 e. The average molecular weight is 291 g/mol. The predicted molar refractivity (Wildman–Crippen MR) is 83.9 cm³/mol. The van der Waals surface area contributed by atoms with Gasteiger partial charge in [-0.2, -0.15) is 0 Å². The summed E-state index contributed by atoms with van der Waals surface area (Å²) in [4.78, 5) is 23.7. The third-order valence-corrected chi connectivity index (χ3v) is 4.41. The predicted octanol–water partition coefficient (Wildman–Crippen LogP) is 3.21. The van der Waals surface area contributed by atoms with Gasteiger partial charge in [0.2, 0.25) is 0 Å². The van der Waals surface area contributed by atoms with Gasteiger partial charge in [-0.25, -0.2) is 4.79 Å². The summed E-state index contributed by atoms with van der Waals surface area (Å²) in [7, 11) is 0. The number of carbonyl (C=O) groups excluding carboxylic acids is 1. The standard InChI is InChI=1S/C17H25NO3/c1-7-8-14(17(20)21)18-16(19)15-12(5)10(3)9(2)11(4)13(15)6/h14H,7-8H2,1-6H3,(H,18,19)(H,20,21). The molecule has 0 aliphatic heterocycles. The lowest BCUT2D eigenvalue weighted by atomic mass is 9.89. The molecule has 1 rings (SSSR count). The minimum absolute atomic E-state index is 0.294. The fourth-order valence-electron chi connectivity index (χ4n) is 2.62. The van der Waals surface area contributed by atoms with Crippen molar-refractivity contribution in [3.8, 4) is 0 Å². The quantitative estimate of drug-likeness (QED) is 0.875. The number of carboxylic acids is 1. The van der Waals surface area contributed by atoms with E-state index in [2.05, 4.69) is 5.32 Å². The molecule has 0 aromatic heterocycles. The van der Waals surface area contributed by atoms with Crippen LogP contribution >= 0.6 is 0 Å². The first-order chi connectivity index (χ1) is 9.72. The first-order valence-corrected chi connectivity index (χ1v) is 7.32. The van der Waals surface area contributed by atoms with E-state index in [4.69, 9.17) is 0 Å². The lowest BCUT2D eigenvalue weighted by Crippen LogP contribution is -2.41. The van der Waals surface area contributed by atoms with Gasteiger partial charge in [-0.3, -0.25) is 4.79 Å². The minimum Gasteiger partial charge on any atom is -0.480 e. The highest BCUT2D eigenvalue weighted by Gasteiger charge is 2.23. The summed E-state index contributed by atoms with van der Waals surface area (Å²) in [6.07, 6.45) is 1.14. The van der Waals surface area contributed by atoms with Gasteiger partial charge in [0, 0.05) is 5.56 Å². The van der Waals surface area contributed by atoms with E-state index in [1.54, 1.807) is 0 Å². The molecule has 1 atom stereocenters. The van der Waals surface area contributed by atoms with Crippen molar-refractivity contribution in [3.05, 3.63) is 33.4 Å². The summed E-state index contributed by atoms with van der Waals surface area (Å²) >= 11 is 0. The Balaban J connectivity index is 3.22. The van der Waals surface area contributed by atoms with Crippen LogP contribution in [0.1, 0.15) is 57.9 Å². The van der Waals surface area contributed by atoms with Crippen molar-refractivity contribution in [2.45, 2.75) is 60.4 Å². The molecule has 4 heteroatoms. The van der Waals surface area contributed by atoms with E-state index in [9.17, 15) is 14.7 Å². The fraction of sp³-hybridized carbons (Fsp3) is 0.529. The van der Waals surface area contributed by atoms with Crippen molar-refractivity contribution in [1.82, 2.24) is 5.32 Å². The largest absolute Gasteiger partial charge is 0.480 e. The summed E-state index contributed by atoms with van der Waals surface area (Å²) in [5.74, 6) is -1.28. The van der Waals surface area contributed by atoms with Crippen molar-refractivity contribution >= 4 is 11.9 Å². The van der Waals surface area contributed by atoms with Crippen LogP contribution in [-0.2, 0) is 4.79 Å². The maximum atomic E-state index is 12.5. The second-order valence-corrected chi connectivity index (χ2v) is 5.65. The minimum atomic E-state index is -0.985. The van der Waals surface area contributed by atoms with Gasteiger partial charge in [-0.15, -0.1) is 0 Å². The molecule has 1 unspecified atom stereocenters. The van der Waals surface area contributed by atoms with Gasteiger partial charge in [0.15, 0.2) is 0 Å². The van der Waals surface area contributed by atoms with Crippen LogP contribution in [0.25, 0.3) is 0 Å². The molecule has 0 saturated carbocycles. The van der Waals surface area contributed by atoms with Gasteiger partial charge in [0.25, 0.3) is 5.91 Å². The number of benzene rings is 1. The molecule has 0 spiro atoms. The summed E-state index contributed by atoms with van der Waals surface area (Å²) in [6, 6.07) is -0.830. The Morgan fingerprint density at radius 2 is 1.38 bits per heavy atom. The molecule has 21 heavy (non-hydrogen) atoms. The molecule has 2 N–H and O–H groups in total. The molecule has 0 aliphatic carbocycles. The highest BCUT2D eigenvalue weighted by atomic mass is 16.4. The van der Waals surface area contributed by atoms with Crippen LogP contribution in [0.2, 0.25) is 0 Å². The molecule has 0 heterocycles. The van der Waals surface area contributed by atoms with Crippen LogP contribution in [0.4, 0.5) is 0 Å². The van der Waals surface area contributed by atoms with Crippen LogP contribution in [0.3, 0.4) is 0 Å². The number of carboxylic acid groups (broad SMARTS) is 1. The molecule has 0 fully saturated rings. The first-order valence-electron chi connectivity index (χ1n) is 7.32. The number of hydrogen-bond donors (Lipinski definition) is 2. The smallest absolute Gasteiger partial charge is 0.326 e. The van der Waals surface area contributed by atoms with Crippen LogP contribution in [-0.4, -0.2) is 23.0 Å². The van der Waals surface area contributed by atoms with Gasteiger partial charge < -0.3 is 10.4 Å². The molecule has 1 amide bonds.